The van der Waals surface area contributed by atoms with Crippen LogP contribution in [0.5, 0.6) is 0 Å². The number of hydrogen-bond acceptors (Lipinski definition) is 4. The van der Waals surface area contributed by atoms with Crippen molar-refractivity contribution in [2.45, 2.75) is 13.3 Å². The molecule has 0 fully saturated rings. The van der Waals surface area contributed by atoms with Crippen molar-refractivity contribution < 1.29 is 19.1 Å². The van der Waals surface area contributed by atoms with Crippen LogP contribution < -0.4 is 11.1 Å². The minimum Gasteiger partial charge on any atom is -0.452 e. The molecule has 0 unspecified atom stereocenters. The zero-order valence-corrected chi connectivity index (χ0v) is 10.6. The van der Waals surface area contributed by atoms with Gasteiger partial charge < -0.3 is 15.8 Å². The van der Waals surface area contributed by atoms with E-state index in [1.165, 1.54) is 0 Å². The molecule has 1 rings (SSSR count). The number of nitrogens with two attached hydrogens (primary N) is 1. The first-order valence-electron chi connectivity index (χ1n) is 5.84. The largest absolute Gasteiger partial charge is 0.452 e. The third-order valence-electron chi connectivity index (χ3n) is 2.39. The van der Waals surface area contributed by atoms with E-state index in [2.05, 4.69) is 5.32 Å². The lowest BCUT2D eigenvalue weighted by molar-refractivity contribution is -0.127. The summed E-state index contributed by atoms with van der Waals surface area (Å²) in [5.41, 5.74) is 6.34. The highest BCUT2D eigenvalue weighted by Crippen LogP contribution is 2.06. The molecule has 0 radical (unpaired) electrons. The number of aryl methyl sites for hydroxylation is 1. The van der Waals surface area contributed by atoms with Gasteiger partial charge in [0, 0.05) is 0 Å². The van der Waals surface area contributed by atoms with Gasteiger partial charge in [-0.25, -0.2) is 4.79 Å². The highest BCUT2D eigenvalue weighted by atomic mass is 16.5. The average molecular weight is 264 g/mol. The van der Waals surface area contributed by atoms with E-state index in [0.717, 1.165) is 12.0 Å². The number of carbonyl (C=O) groups is 3. The van der Waals surface area contributed by atoms with E-state index in [9.17, 15) is 14.4 Å². The Labute approximate surface area is 110 Å². The average Bonchev–Trinajstić information content (AvgIpc) is 2.42. The molecule has 6 heteroatoms. The van der Waals surface area contributed by atoms with Gasteiger partial charge in [0.25, 0.3) is 5.91 Å². The van der Waals surface area contributed by atoms with E-state index in [0.29, 0.717) is 5.56 Å². The zero-order valence-electron chi connectivity index (χ0n) is 10.6. The molecule has 0 saturated carbocycles. The minimum absolute atomic E-state index is 0.276. The first kappa shape index (κ1) is 14.7. The van der Waals surface area contributed by atoms with Crippen LogP contribution in [0.25, 0.3) is 0 Å². The maximum Gasteiger partial charge on any atom is 0.338 e. The van der Waals surface area contributed by atoms with Crippen molar-refractivity contribution in [3.05, 3.63) is 35.4 Å². The van der Waals surface area contributed by atoms with Crippen LogP contribution in [0.2, 0.25) is 0 Å². The monoisotopic (exact) mass is 264 g/mol. The van der Waals surface area contributed by atoms with Gasteiger partial charge in [0.15, 0.2) is 6.61 Å². The molecular formula is C13H16N2O4. The highest BCUT2D eigenvalue weighted by molar-refractivity contribution is 5.91. The Morgan fingerprint density at radius 3 is 2.37 bits per heavy atom. The molecule has 6 nitrogen and oxygen atoms in total. The minimum atomic E-state index is -0.658. The van der Waals surface area contributed by atoms with Crippen molar-refractivity contribution in [1.82, 2.24) is 5.32 Å². The van der Waals surface area contributed by atoms with E-state index in [4.69, 9.17) is 10.5 Å². The maximum absolute atomic E-state index is 11.6. The Hall–Kier alpha value is -2.37. The Balaban J connectivity index is 2.42. The number of carbonyl (C=O) groups excluding carboxylic acids is 3. The highest BCUT2D eigenvalue weighted by Gasteiger charge is 2.10. The number of esters is 1. The lowest BCUT2D eigenvalue weighted by Gasteiger charge is -2.05. The molecule has 0 saturated heterocycles. The van der Waals surface area contributed by atoms with Crippen molar-refractivity contribution in [3.8, 4) is 0 Å². The van der Waals surface area contributed by atoms with E-state index in [-0.39, 0.29) is 6.54 Å². The number of amides is 2. The van der Waals surface area contributed by atoms with E-state index >= 15 is 0 Å². The number of hydrogen-bond donors (Lipinski definition) is 2. The SMILES string of the molecule is CCc1ccc(C(=O)OCC(=O)NCC(N)=O)cc1. The van der Waals surface area contributed by atoms with E-state index in [1.54, 1.807) is 12.1 Å². The van der Waals surface area contributed by atoms with Crippen molar-refractivity contribution in [1.29, 1.82) is 0 Å². The van der Waals surface area contributed by atoms with Crippen LogP contribution in [0.1, 0.15) is 22.8 Å². The predicted octanol–water partition coefficient (Wildman–Crippen LogP) is 0.00730. The Morgan fingerprint density at radius 2 is 1.84 bits per heavy atom. The predicted molar refractivity (Wildman–Crippen MR) is 68.3 cm³/mol. The summed E-state index contributed by atoms with van der Waals surface area (Å²) < 4.78 is 4.79. The van der Waals surface area contributed by atoms with Crippen LogP contribution in [0.4, 0.5) is 0 Å². The normalized spacial score (nSPS) is 9.74. The van der Waals surface area contributed by atoms with Crippen LogP contribution in [-0.2, 0) is 20.7 Å². The van der Waals surface area contributed by atoms with Gasteiger partial charge in [-0.1, -0.05) is 19.1 Å². The Bertz CT molecular complexity index is 468. The fraction of sp³-hybridized carbons (Fsp3) is 0.308. The second kappa shape index (κ2) is 7.15. The number of rotatable bonds is 6. The molecule has 3 N–H and O–H groups in total. The van der Waals surface area contributed by atoms with E-state index < -0.39 is 24.4 Å². The van der Waals surface area contributed by atoms with Crippen molar-refractivity contribution in [2.75, 3.05) is 13.2 Å². The Morgan fingerprint density at radius 1 is 1.21 bits per heavy atom. The van der Waals surface area contributed by atoms with Crippen LogP contribution in [0, 0.1) is 0 Å². The molecule has 1 aromatic carbocycles. The third kappa shape index (κ3) is 5.20. The molecular weight excluding hydrogens is 248 g/mol. The summed E-state index contributed by atoms with van der Waals surface area (Å²) in [4.78, 5) is 33.2. The summed E-state index contributed by atoms with van der Waals surface area (Å²) in [6.07, 6.45) is 0.880. The van der Waals surface area contributed by atoms with Gasteiger partial charge in [-0.05, 0) is 24.1 Å². The quantitative estimate of drug-likeness (QED) is 0.707. The number of nitrogens with one attached hydrogen (secondary N) is 1. The molecule has 0 aromatic heterocycles. The zero-order chi connectivity index (χ0) is 14.3. The lowest BCUT2D eigenvalue weighted by atomic mass is 10.1. The Kier molecular flexibility index (Phi) is 5.53. The van der Waals surface area contributed by atoms with Gasteiger partial charge in [-0.3, -0.25) is 9.59 Å². The second-order valence-corrected chi connectivity index (χ2v) is 3.87. The number of benzene rings is 1. The lowest BCUT2D eigenvalue weighted by Crippen LogP contribution is -2.35. The number of primary amides is 1. The van der Waals surface area contributed by atoms with Gasteiger partial charge >= 0.3 is 5.97 Å². The van der Waals surface area contributed by atoms with Crippen LogP contribution in [-0.4, -0.2) is 30.9 Å². The molecule has 0 spiro atoms. The van der Waals surface area contributed by atoms with Gasteiger partial charge in [-0.15, -0.1) is 0 Å². The van der Waals surface area contributed by atoms with Crippen LogP contribution in [0.15, 0.2) is 24.3 Å². The van der Waals surface area contributed by atoms with Crippen LogP contribution in [0.3, 0.4) is 0 Å². The summed E-state index contributed by atoms with van der Waals surface area (Å²) in [5, 5.41) is 2.22. The third-order valence-corrected chi connectivity index (χ3v) is 2.39. The molecule has 102 valence electrons. The van der Waals surface area contributed by atoms with Gasteiger partial charge in [0.1, 0.15) is 0 Å². The molecule has 0 bridgehead atoms. The summed E-state index contributed by atoms with van der Waals surface area (Å²) in [5.74, 6) is -1.82. The summed E-state index contributed by atoms with van der Waals surface area (Å²) in [6.45, 7) is 1.29. The molecule has 0 heterocycles. The fourth-order valence-electron chi connectivity index (χ4n) is 1.33. The summed E-state index contributed by atoms with van der Waals surface area (Å²) in [6, 6.07) is 6.93. The van der Waals surface area contributed by atoms with Crippen molar-refractivity contribution in [2.24, 2.45) is 5.73 Å². The van der Waals surface area contributed by atoms with Gasteiger partial charge in [0.05, 0.1) is 12.1 Å². The molecule has 0 aliphatic rings. The fourth-order valence-corrected chi connectivity index (χ4v) is 1.33. The van der Waals surface area contributed by atoms with Crippen molar-refractivity contribution in [3.63, 3.8) is 0 Å². The summed E-state index contributed by atoms with van der Waals surface area (Å²) in [7, 11) is 0. The van der Waals surface area contributed by atoms with Crippen LogP contribution >= 0.6 is 0 Å². The second-order valence-electron chi connectivity index (χ2n) is 3.87. The summed E-state index contributed by atoms with van der Waals surface area (Å²) >= 11 is 0. The van der Waals surface area contributed by atoms with Crippen molar-refractivity contribution >= 4 is 17.8 Å². The van der Waals surface area contributed by atoms with Gasteiger partial charge in [-0.2, -0.15) is 0 Å². The van der Waals surface area contributed by atoms with Gasteiger partial charge in [0.2, 0.25) is 5.91 Å². The molecule has 19 heavy (non-hydrogen) atoms. The number of ether oxygens (including phenoxy) is 1. The standard InChI is InChI=1S/C13H16N2O4/c1-2-9-3-5-10(6-4-9)13(18)19-8-12(17)15-7-11(14)16/h3-6H,2,7-8H2,1H3,(H2,14,16)(H,15,17). The molecule has 1 aromatic rings. The molecule has 0 aliphatic heterocycles. The van der Waals surface area contributed by atoms with E-state index in [1.807, 2.05) is 19.1 Å². The topological polar surface area (TPSA) is 98.5 Å². The first-order chi connectivity index (χ1) is 9.02. The molecule has 0 atom stereocenters. The molecule has 2 amide bonds. The first-order valence-corrected chi connectivity index (χ1v) is 5.84. The maximum atomic E-state index is 11.6. The smallest absolute Gasteiger partial charge is 0.338 e. The molecule has 0 aliphatic carbocycles.